The molecule has 1 fully saturated rings. The summed E-state index contributed by atoms with van der Waals surface area (Å²) >= 11 is 0. The third-order valence-corrected chi connectivity index (χ3v) is 3.34. The van der Waals surface area contributed by atoms with Crippen LogP contribution in [-0.4, -0.2) is 65.8 Å². The highest BCUT2D eigenvalue weighted by atomic mass is 16.5. The lowest BCUT2D eigenvalue weighted by atomic mass is 10.2. The largest absolute Gasteiger partial charge is 0.481 e. The number of carboxylic acid groups (broad SMARTS) is 1. The summed E-state index contributed by atoms with van der Waals surface area (Å²) in [6.45, 7) is 5.36. The van der Waals surface area contributed by atoms with Crippen LogP contribution in [0.15, 0.2) is 0 Å². The van der Waals surface area contributed by atoms with Crippen LogP contribution in [0.25, 0.3) is 0 Å². The summed E-state index contributed by atoms with van der Waals surface area (Å²) in [5, 5.41) is 8.79. The maximum atomic E-state index is 12.3. The molecule has 1 N–H and O–H groups in total. The van der Waals surface area contributed by atoms with E-state index in [4.69, 9.17) is 9.84 Å². The lowest BCUT2D eigenvalue weighted by Crippen LogP contribution is -2.49. The number of rotatable bonds is 5. The van der Waals surface area contributed by atoms with E-state index < -0.39 is 5.97 Å². The average Bonchev–Trinajstić information content (AvgIpc) is 2.81. The number of carboxylic acids is 1. The van der Waals surface area contributed by atoms with Crippen molar-refractivity contribution in [2.75, 3.05) is 26.8 Å². The van der Waals surface area contributed by atoms with E-state index in [0.29, 0.717) is 19.8 Å². The summed E-state index contributed by atoms with van der Waals surface area (Å²) in [7, 11) is 1.75. The first-order chi connectivity index (χ1) is 8.47. The van der Waals surface area contributed by atoms with E-state index in [2.05, 4.69) is 0 Å². The molecule has 0 spiro atoms. The number of ether oxygens (including phenoxy) is 1. The molecule has 0 saturated carbocycles. The molecule has 2 unspecified atom stereocenters. The van der Waals surface area contributed by atoms with Gasteiger partial charge in [0.1, 0.15) is 0 Å². The maximum absolute atomic E-state index is 12.3. The molecule has 104 valence electrons. The summed E-state index contributed by atoms with van der Waals surface area (Å²) < 4.78 is 5.26. The van der Waals surface area contributed by atoms with Crippen molar-refractivity contribution in [3.05, 3.63) is 0 Å². The standard InChI is InChI=1S/C12H22N2O4/c1-4-14(9(2)7-11(15)16)12(17)13(3)10-5-6-18-8-10/h9-10H,4-8H2,1-3H3,(H,15,16). The van der Waals surface area contributed by atoms with Gasteiger partial charge in [-0.3, -0.25) is 4.79 Å². The van der Waals surface area contributed by atoms with E-state index in [1.807, 2.05) is 6.92 Å². The fraction of sp³-hybridized carbons (Fsp3) is 0.833. The van der Waals surface area contributed by atoms with Crippen molar-refractivity contribution in [2.45, 2.75) is 38.8 Å². The minimum atomic E-state index is -0.888. The highest BCUT2D eigenvalue weighted by Crippen LogP contribution is 2.15. The fourth-order valence-corrected chi connectivity index (χ4v) is 2.18. The Balaban J connectivity index is 2.62. The lowest BCUT2D eigenvalue weighted by Gasteiger charge is -2.33. The first-order valence-corrected chi connectivity index (χ1v) is 6.30. The Labute approximate surface area is 107 Å². The van der Waals surface area contributed by atoms with Gasteiger partial charge in [0.25, 0.3) is 0 Å². The number of urea groups is 1. The van der Waals surface area contributed by atoms with Crippen LogP contribution in [-0.2, 0) is 9.53 Å². The Kier molecular flexibility index (Phi) is 5.40. The lowest BCUT2D eigenvalue weighted by molar-refractivity contribution is -0.138. The highest BCUT2D eigenvalue weighted by Gasteiger charge is 2.29. The Hall–Kier alpha value is -1.30. The molecule has 0 aromatic heterocycles. The number of nitrogens with zero attached hydrogens (tertiary/aromatic N) is 2. The molecule has 0 aliphatic carbocycles. The normalized spacial score (nSPS) is 20.5. The van der Waals surface area contributed by atoms with Gasteiger partial charge in [0.15, 0.2) is 0 Å². The number of hydrogen-bond acceptors (Lipinski definition) is 3. The van der Waals surface area contributed by atoms with Crippen molar-refractivity contribution in [3.63, 3.8) is 0 Å². The van der Waals surface area contributed by atoms with Crippen LogP contribution in [0, 0.1) is 0 Å². The predicted octanol–water partition coefficient (Wildman–Crippen LogP) is 1.01. The van der Waals surface area contributed by atoms with E-state index in [1.165, 1.54) is 0 Å². The van der Waals surface area contributed by atoms with E-state index in [0.717, 1.165) is 6.42 Å². The average molecular weight is 258 g/mol. The van der Waals surface area contributed by atoms with Crippen molar-refractivity contribution in [3.8, 4) is 0 Å². The van der Waals surface area contributed by atoms with Gasteiger partial charge >= 0.3 is 12.0 Å². The topological polar surface area (TPSA) is 70.1 Å². The van der Waals surface area contributed by atoms with Crippen LogP contribution < -0.4 is 0 Å². The first-order valence-electron chi connectivity index (χ1n) is 6.30. The molecule has 0 bridgehead atoms. The van der Waals surface area contributed by atoms with Crippen LogP contribution in [0.3, 0.4) is 0 Å². The Bertz CT molecular complexity index is 302. The molecular formula is C12H22N2O4. The summed E-state index contributed by atoms with van der Waals surface area (Å²) in [5.41, 5.74) is 0. The van der Waals surface area contributed by atoms with Crippen LogP contribution in [0.4, 0.5) is 4.79 Å². The number of carbonyl (C=O) groups excluding carboxylic acids is 1. The highest BCUT2D eigenvalue weighted by molar-refractivity contribution is 5.76. The number of amides is 2. The first kappa shape index (κ1) is 14.8. The summed E-state index contributed by atoms with van der Waals surface area (Å²) in [4.78, 5) is 26.2. The number of carbonyl (C=O) groups is 2. The van der Waals surface area contributed by atoms with Crippen LogP contribution in [0.2, 0.25) is 0 Å². The van der Waals surface area contributed by atoms with Crippen molar-refractivity contribution < 1.29 is 19.4 Å². The number of hydrogen-bond donors (Lipinski definition) is 1. The van der Waals surface area contributed by atoms with Gasteiger partial charge in [0.2, 0.25) is 0 Å². The SMILES string of the molecule is CCN(C(=O)N(C)C1CCOC1)C(C)CC(=O)O. The van der Waals surface area contributed by atoms with E-state index in [1.54, 1.807) is 23.8 Å². The predicted molar refractivity (Wildman–Crippen MR) is 66.5 cm³/mol. The molecule has 2 atom stereocenters. The Morgan fingerprint density at radius 3 is 2.61 bits per heavy atom. The maximum Gasteiger partial charge on any atom is 0.320 e. The second-order valence-corrected chi connectivity index (χ2v) is 4.64. The zero-order valence-electron chi connectivity index (χ0n) is 11.3. The Morgan fingerprint density at radius 2 is 2.17 bits per heavy atom. The van der Waals surface area contributed by atoms with E-state index in [9.17, 15) is 9.59 Å². The molecule has 0 radical (unpaired) electrons. The van der Waals surface area contributed by atoms with Crippen LogP contribution in [0.5, 0.6) is 0 Å². The minimum Gasteiger partial charge on any atom is -0.481 e. The van der Waals surface area contributed by atoms with Crippen LogP contribution in [0.1, 0.15) is 26.7 Å². The van der Waals surface area contributed by atoms with Crippen molar-refractivity contribution in [1.82, 2.24) is 9.80 Å². The second kappa shape index (κ2) is 6.58. The smallest absolute Gasteiger partial charge is 0.320 e. The minimum absolute atomic E-state index is 0.0331. The number of likely N-dealkylation sites (N-methyl/N-ethyl adjacent to an activating group) is 1. The third kappa shape index (κ3) is 3.60. The van der Waals surface area contributed by atoms with Crippen LogP contribution >= 0.6 is 0 Å². The molecule has 1 saturated heterocycles. The molecule has 0 aromatic rings. The molecule has 6 nitrogen and oxygen atoms in total. The van der Waals surface area contributed by atoms with Gasteiger partial charge in [-0.05, 0) is 20.3 Å². The zero-order chi connectivity index (χ0) is 13.7. The summed E-state index contributed by atoms with van der Waals surface area (Å²) in [6, 6.07) is -0.324. The quantitative estimate of drug-likeness (QED) is 0.799. The molecule has 6 heteroatoms. The molecule has 1 aliphatic heterocycles. The van der Waals surface area contributed by atoms with Gasteiger partial charge in [-0.15, -0.1) is 0 Å². The monoisotopic (exact) mass is 258 g/mol. The van der Waals surface area contributed by atoms with Crippen molar-refractivity contribution in [1.29, 1.82) is 0 Å². The van der Waals surface area contributed by atoms with E-state index in [-0.39, 0.29) is 24.5 Å². The van der Waals surface area contributed by atoms with Crippen molar-refractivity contribution in [2.24, 2.45) is 0 Å². The summed E-state index contributed by atoms with van der Waals surface area (Å²) in [5.74, 6) is -0.888. The second-order valence-electron chi connectivity index (χ2n) is 4.64. The summed E-state index contributed by atoms with van der Waals surface area (Å²) in [6.07, 6.45) is 0.807. The molecule has 18 heavy (non-hydrogen) atoms. The van der Waals surface area contributed by atoms with Gasteiger partial charge in [0, 0.05) is 26.2 Å². The van der Waals surface area contributed by atoms with Crippen molar-refractivity contribution >= 4 is 12.0 Å². The van der Waals surface area contributed by atoms with Gasteiger partial charge < -0.3 is 19.6 Å². The molecular weight excluding hydrogens is 236 g/mol. The molecule has 1 rings (SSSR count). The molecule has 1 heterocycles. The molecule has 2 amide bonds. The van der Waals surface area contributed by atoms with Gasteiger partial charge in [-0.1, -0.05) is 0 Å². The zero-order valence-corrected chi connectivity index (χ0v) is 11.3. The Morgan fingerprint density at radius 1 is 1.50 bits per heavy atom. The molecule has 1 aliphatic rings. The van der Waals surface area contributed by atoms with Gasteiger partial charge in [-0.2, -0.15) is 0 Å². The molecule has 0 aromatic carbocycles. The van der Waals surface area contributed by atoms with Gasteiger partial charge in [0.05, 0.1) is 19.1 Å². The number of aliphatic carboxylic acids is 1. The van der Waals surface area contributed by atoms with E-state index >= 15 is 0 Å². The fourth-order valence-electron chi connectivity index (χ4n) is 2.18. The third-order valence-electron chi connectivity index (χ3n) is 3.34. The van der Waals surface area contributed by atoms with Gasteiger partial charge in [-0.25, -0.2) is 4.79 Å².